The molecular weight excluding hydrogens is 262 g/mol. The summed E-state index contributed by atoms with van der Waals surface area (Å²) in [6.07, 6.45) is 4.07. The first-order valence-corrected chi connectivity index (χ1v) is 7.70. The lowest BCUT2D eigenvalue weighted by Crippen LogP contribution is -2.24. The van der Waals surface area contributed by atoms with Crippen LogP contribution in [-0.2, 0) is 7.05 Å². The zero-order chi connectivity index (χ0) is 15.1. The molecule has 1 unspecified atom stereocenters. The Balaban J connectivity index is 2.31. The molecule has 0 fully saturated rings. The van der Waals surface area contributed by atoms with Crippen LogP contribution in [0.15, 0.2) is 36.5 Å². The van der Waals surface area contributed by atoms with Crippen molar-refractivity contribution in [2.75, 3.05) is 13.2 Å². The van der Waals surface area contributed by atoms with Crippen molar-refractivity contribution in [1.82, 2.24) is 15.1 Å². The van der Waals surface area contributed by atoms with Crippen LogP contribution in [0.4, 0.5) is 0 Å². The summed E-state index contributed by atoms with van der Waals surface area (Å²) in [6.45, 7) is 5.97. The highest BCUT2D eigenvalue weighted by Gasteiger charge is 2.19. The number of ether oxygens (including phenoxy) is 1. The van der Waals surface area contributed by atoms with E-state index in [0.29, 0.717) is 0 Å². The Bertz CT molecular complexity index is 550. The maximum absolute atomic E-state index is 5.90. The summed E-state index contributed by atoms with van der Waals surface area (Å²) < 4.78 is 7.74. The number of nitrogens with one attached hydrogen (secondary N) is 1. The van der Waals surface area contributed by atoms with Gasteiger partial charge in [0.1, 0.15) is 5.75 Å². The Morgan fingerprint density at radius 1 is 1.19 bits per heavy atom. The van der Waals surface area contributed by atoms with E-state index in [2.05, 4.69) is 42.5 Å². The quantitative estimate of drug-likeness (QED) is 0.809. The molecule has 0 amide bonds. The van der Waals surface area contributed by atoms with Gasteiger partial charge in [0.15, 0.2) is 0 Å². The van der Waals surface area contributed by atoms with E-state index in [0.717, 1.165) is 43.0 Å². The number of rotatable bonds is 8. The molecule has 0 spiro atoms. The van der Waals surface area contributed by atoms with Gasteiger partial charge in [0.05, 0.1) is 18.3 Å². The maximum Gasteiger partial charge on any atom is 0.124 e. The van der Waals surface area contributed by atoms with Crippen molar-refractivity contribution in [2.45, 2.75) is 32.7 Å². The van der Waals surface area contributed by atoms with Gasteiger partial charge in [0.2, 0.25) is 0 Å². The molecule has 21 heavy (non-hydrogen) atoms. The molecule has 0 bridgehead atoms. The van der Waals surface area contributed by atoms with Gasteiger partial charge in [-0.05, 0) is 31.5 Å². The lowest BCUT2D eigenvalue weighted by molar-refractivity contribution is 0.311. The number of nitrogens with zero attached hydrogens (tertiary/aromatic N) is 2. The van der Waals surface area contributed by atoms with Crippen molar-refractivity contribution in [3.63, 3.8) is 0 Å². The van der Waals surface area contributed by atoms with Crippen LogP contribution < -0.4 is 10.1 Å². The molecule has 0 aliphatic rings. The molecule has 0 aliphatic carbocycles. The van der Waals surface area contributed by atoms with Crippen molar-refractivity contribution in [3.8, 4) is 5.75 Å². The largest absolute Gasteiger partial charge is 0.493 e. The molecule has 1 N–H and O–H groups in total. The first-order chi connectivity index (χ1) is 10.3. The second-order valence-electron chi connectivity index (χ2n) is 5.19. The summed E-state index contributed by atoms with van der Waals surface area (Å²) >= 11 is 0. The Morgan fingerprint density at radius 2 is 2.00 bits per heavy atom. The second kappa shape index (κ2) is 7.84. The van der Waals surface area contributed by atoms with Gasteiger partial charge >= 0.3 is 0 Å². The topological polar surface area (TPSA) is 39.1 Å². The normalized spacial score (nSPS) is 12.3. The predicted octanol–water partition coefficient (Wildman–Crippen LogP) is 3.30. The van der Waals surface area contributed by atoms with Crippen molar-refractivity contribution >= 4 is 0 Å². The van der Waals surface area contributed by atoms with Gasteiger partial charge in [-0.2, -0.15) is 5.10 Å². The summed E-state index contributed by atoms with van der Waals surface area (Å²) in [4.78, 5) is 0. The molecule has 1 aromatic carbocycles. The highest BCUT2D eigenvalue weighted by Crippen LogP contribution is 2.29. The van der Waals surface area contributed by atoms with Gasteiger partial charge in [0.25, 0.3) is 0 Å². The Kier molecular flexibility index (Phi) is 5.81. The molecular formula is C17H25N3O. The van der Waals surface area contributed by atoms with Gasteiger partial charge in [-0.25, -0.2) is 0 Å². The second-order valence-corrected chi connectivity index (χ2v) is 5.19. The minimum atomic E-state index is 0.0687. The summed E-state index contributed by atoms with van der Waals surface area (Å²) in [5.74, 6) is 0.943. The standard InChI is InChI=1S/C17H25N3O/c1-4-11-18-17(15-10-12-20(3)19-15)14-8-6-7-9-16(14)21-13-5-2/h6-10,12,17-18H,4-5,11,13H2,1-3H3. The zero-order valence-electron chi connectivity index (χ0n) is 13.2. The molecule has 4 nitrogen and oxygen atoms in total. The molecule has 2 rings (SSSR count). The van der Waals surface area contributed by atoms with E-state index in [-0.39, 0.29) is 6.04 Å². The van der Waals surface area contributed by atoms with Gasteiger partial charge in [-0.15, -0.1) is 0 Å². The number of aromatic nitrogens is 2. The molecule has 114 valence electrons. The Morgan fingerprint density at radius 3 is 2.67 bits per heavy atom. The van der Waals surface area contributed by atoms with Crippen molar-refractivity contribution in [3.05, 3.63) is 47.8 Å². The highest BCUT2D eigenvalue weighted by molar-refractivity contribution is 5.39. The van der Waals surface area contributed by atoms with Gasteiger partial charge in [-0.3, -0.25) is 4.68 Å². The lowest BCUT2D eigenvalue weighted by atomic mass is 10.0. The summed E-state index contributed by atoms with van der Waals surface area (Å²) in [5.41, 5.74) is 2.18. The van der Waals surface area contributed by atoms with Crippen molar-refractivity contribution < 1.29 is 4.74 Å². The van der Waals surface area contributed by atoms with Crippen LogP contribution in [0.2, 0.25) is 0 Å². The predicted molar refractivity (Wildman–Crippen MR) is 85.6 cm³/mol. The van der Waals surface area contributed by atoms with E-state index >= 15 is 0 Å². The monoisotopic (exact) mass is 287 g/mol. The average Bonchev–Trinajstić information content (AvgIpc) is 2.93. The van der Waals surface area contributed by atoms with Crippen LogP contribution in [-0.4, -0.2) is 22.9 Å². The molecule has 0 radical (unpaired) electrons. The molecule has 0 saturated carbocycles. The van der Waals surface area contributed by atoms with Gasteiger partial charge in [0, 0.05) is 18.8 Å². The minimum absolute atomic E-state index is 0.0687. The van der Waals surface area contributed by atoms with E-state index < -0.39 is 0 Å². The van der Waals surface area contributed by atoms with E-state index in [9.17, 15) is 0 Å². The Hall–Kier alpha value is -1.81. The van der Waals surface area contributed by atoms with Crippen molar-refractivity contribution in [1.29, 1.82) is 0 Å². The third-order valence-corrected chi connectivity index (χ3v) is 3.32. The number of benzene rings is 1. The summed E-state index contributed by atoms with van der Waals surface area (Å²) in [5, 5.41) is 8.14. The Labute approximate surface area is 127 Å². The van der Waals surface area contributed by atoms with Crippen molar-refractivity contribution in [2.24, 2.45) is 7.05 Å². The molecule has 2 aromatic rings. The molecule has 1 heterocycles. The fourth-order valence-corrected chi connectivity index (χ4v) is 2.31. The minimum Gasteiger partial charge on any atom is -0.493 e. The van der Waals surface area contributed by atoms with E-state index in [1.54, 1.807) is 0 Å². The van der Waals surface area contributed by atoms with Crippen LogP contribution >= 0.6 is 0 Å². The molecule has 0 saturated heterocycles. The van der Waals surface area contributed by atoms with Crippen LogP contribution in [0.25, 0.3) is 0 Å². The van der Waals surface area contributed by atoms with E-state index in [4.69, 9.17) is 4.74 Å². The fourth-order valence-electron chi connectivity index (χ4n) is 2.31. The molecule has 1 atom stereocenters. The van der Waals surface area contributed by atoms with Gasteiger partial charge < -0.3 is 10.1 Å². The molecule has 4 heteroatoms. The molecule has 0 aliphatic heterocycles. The zero-order valence-corrected chi connectivity index (χ0v) is 13.2. The number of hydrogen-bond acceptors (Lipinski definition) is 3. The fraction of sp³-hybridized carbons (Fsp3) is 0.471. The smallest absolute Gasteiger partial charge is 0.124 e. The molecule has 1 aromatic heterocycles. The average molecular weight is 287 g/mol. The van der Waals surface area contributed by atoms with Crippen LogP contribution in [0, 0.1) is 0 Å². The maximum atomic E-state index is 5.90. The van der Waals surface area contributed by atoms with E-state index in [1.807, 2.05) is 30.1 Å². The summed E-state index contributed by atoms with van der Waals surface area (Å²) in [6, 6.07) is 10.4. The van der Waals surface area contributed by atoms with Crippen LogP contribution in [0.3, 0.4) is 0 Å². The van der Waals surface area contributed by atoms with Gasteiger partial charge in [-0.1, -0.05) is 32.0 Å². The number of hydrogen-bond donors (Lipinski definition) is 1. The highest BCUT2D eigenvalue weighted by atomic mass is 16.5. The first-order valence-electron chi connectivity index (χ1n) is 7.70. The first kappa shape index (κ1) is 15.6. The number of para-hydroxylation sites is 1. The van der Waals surface area contributed by atoms with Crippen LogP contribution in [0.1, 0.15) is 44.0 Å². The van der Waals surface area contributed by atoms with Crippen LogP contribution in [0.5, 0.6) is 5.75 Å². The lowest BCUT2D eigenvalue weighted by Gasteiger charge is -2.20. The number of aryl methyl sites for hydroxylation is 1. The van der Waals surface area contributed by atoms with E-state index in [1.165, 1.54) is 0 Å². The summed E-state index contributed by atoms with van der Waals surface area (Å²) in [7, 11) is 1.94. The third-order valence-electron chi connectivity index (χ3n) is 3.32. The SMILES string of the molecule is CCCNC(c1ccn(C)n1)c1ccccc1OCCC. The third kappa shape index (κ3) is 4.08.